The van der Waals surface area contributed by atoms with Crippen LogP contribution in [0, 0.1) is 6.92 Å². The first-order chi connectivity index (χ1) is 8.31. The molecule has 0 fully saturated rings. The van der Waals surface area contributed by atoms with Crippen LogP contribution < -0.4 is 0 Å². The minimum atomic E-state index is -1.01. The predicted molar refractivity (Wildman–Crippen MR) is 65.4 cm³/mol. The third-order valence-corrected chi connectivity index (χ3v) is 2.53. The number of carboxylic acid groups (broad SMARTS) is 1. The van der Waals surface area contributed by atoms with Gasteiger partial charge in [-0.3, -0.25) is 9.69 Å². The summed E-state index contributed by atoms with van der Waals surface area (Å²) < 4.78 is 5.34. The predicted octanol–water partition coefficient (Wildman–Crippen LogP) is 0.806. The first-order valence-electron chi connectivity index (χ1n) is 5.52. The fraction of sp³-hybridized carbons (Fsp3) is 0.500. The van der Waals surface area contributed by atoms with E-state index in [1.807, 2.05) is 0 Å². The zero-order valence-corrected chi connectivity index (χ0v) is 11.1. The molecule has 6 nitrogen and oxygen atoms in total. The van der Waals surface area contributed by atoms with Gasteiger partial charge < -0.3 is 14.4 Å². The molecule has 0 aliphatic rings. The third-order valence-electron chi connectivity index (χ3n) is 2.53. The molecule has 1 aromatic heterocycles. The Kier molecular flexibility index (Phi) is 4.49. The van der Waals surface area contributed by atoms with Crippen molar-refractivity contribution >= 4 is 11.9 Å². The lowest BCUT2D eigenvalue weighted by atomic mass is 10.2. The summed E-state index contributed by atoms with van der Waals surface area (Å²) in [5.41, 5.74) is 0.164. The SMILES string of the molecule is Cc1oc(CN(C)CC(=O)N(C)C)cc1C(=O)O. The van der Waals surface area contributed by atoms with Crippen LogP contribution in [0.4, 0.5) is 0 Å². The van der Waals surface area contributed by atoms with Crippen LogP contribution in [-0.2, 0) is 11.3 Å². The zero-order valence-electron chi connectivity index (χ0n) is 11.1. The molecule has 0 aliphatic carbocycles. The largest absolute Gasteiger partial charge is 0.478 e. The number of nitrogens with zero attached hydrogens (tertiary/aromatic N) is 2. The topological polar surface area (TPSA) is 74.0 Å². The highest BCUT2D eigenvalue weighted by Gasteiger charge is 2.16. The summed E-state index contributed by atoms with van der Waals surface area (Å²) in [7, 11) is 5.16. The van der Waals surface area contributed by atoms with E-state index in [4.69, 9.17) is 9.52 Å². The van der Waals surface area contributed by atoms with Crippen molar-refractivity contribution in [2.75, 3.05) is 27.7 Å². The van der Waals surface area contributed by atoms with Crippen LogP contribution in [0.25, 0.3) is 0 Å². The summed E-state index contributed by atoms with van der Waals surface area (Å²) in [4.78, 5) is 25.6. The number of carbonyl (C=O) groups is 2. The summed E-state index contributed by atoms with van der Waals surface area (Å²) >= 11 is 0. The lowest BCUT2D eigenvalue weighted by Crippen LogP contribution is -2.33. The highest BCUT2D eigenvalue weighted by atomic mass is 16.4. The van der Waals surface area contributed by atoms with E-state index >= 15 is 0 Å². The molecule has 1 aromatic rings. The molecular weight excluding hydrogens is 236 g/mol. The van der Waals surface area contributed by atoms with Gasteiger partial charge in [-0.25, -0.2) is 4.79 Å². The number of carbonyl (C=O) groups excluding carboxylic acids is 1. The highest BCUT2D eigenvalue weighted by molar-refractivity contribution is 5.88. The monoisotopic (exact) mass is 254 g/mol. The van der Waals surface area contributed by atoms with Crippen LogP contribution in [-0.4, -0.2) is 54.5 Å². The first kappa shape index (κ1) is 14.2. The van der Waals surface area contributed by atoms with Gasteiger partial charge in [0.1, 0.15) is 17.1 Å². The fourth-order valence-electron chi connectivity index (χ4n) is 1.53. The summed E-state index contributed by atoms with van der Waals surface area (Å²) in [5.74, 6) is -0.0995. The van der Waals surface area contributed by atoms with E-state index in [2.05, 4.69) is 0 Å². The summed E-state index contributed by atoms with van der Waals surface area (Å²) in [5, 5.41) is 8.90. The number of rotatable bonds is 5. The van der Waals surface area contributed by atoms with E-state index in [1.54, 1.807) is 33.0 Å². The Hall–Kier alpha value is -1.82. The molecule has 18 heavy (non-hydrogen) atoms. The van der Waals surface area contributed by atoms with E-state index in [1.165, 1.54) is 11.0 Å². The number of hydrogen-bond donors (Lipinski definition) is 1. The molecule has 0 unspecified atom stereocenters. The molecule has 0 aromatic carbocycles. The summed E-state index contributed by atoms with van der Waals surface area (Å²) in [6.45, 7) is 2.26. The van der Waals surface area contributed by atoms with E-state index in [9.17, 15) is 9.59 Å². The van der Waals surface area contributed by atoms with Crippen molar-refractivity contribution in [2.45, 2.75) is 13.5 Å². The maximum atomic E-state index is 11.5. The second kappa shape index (κ2) is 5.68. The van der Waals surface area contributed by atoms with Gasteiger partial charge in [-0.15, -0.1) is 0 Å². The zero-order chi connectivity index (χ0) is 13.9. The Bertz CT molecular complexity index is 451. The number of amides is 1. The average Bonchev–Trinajstić information content (AvgIpc) is 2.58. The fourth-order valence-corrected chi connectivity index (χ4v) is 1.53. The van der Waals surface area contributed by atoms with Crippen LogP contribution >= 0.6 is 0 Å². The van der Waals surface area contributed by atoms with E-state index in [0.29, 0.717) is 18.1 Å². The Morgan fingerprint density at radius 3 is 2.39 bits per heavy atom. The molecule has 0 atom stereocenters. The number of aromatic carboxylic acids is 1. The number of aryl methyl sites for hydroxylation is 1. The molecule has 0 saturated carbocycles. The van der Waals surface area contributed by atoms with Gasteiger partial charge >= 0.3 is 5.97 Å². The molecule has 6 heteroatoms. The molecule has 0 saturated heterocycles. The highest BCUT2D eigenvalue weighted by Crippen LogP contribution is 2.15. The lowest BCUT2D eigenvalue weighted by Gasteiger charge is -2.17. The van der Waals surface area contributed by atoms with Gasteiger partial charge in [0.05, 0.1) is 13.1 Å². The van der Waals surface area contributed by atoms with Gasteiger partial charge in [-0.1, -0.05) is 0 Å². The first-order valence-corrected chi connectivity index (χ1v) is 5.52. The smallest absolute Gasteiger partial charge is 0.339 e. The van der Waals surface area contributed by atoms with Gasteiger partial charge in [0.2, 0.25) is 5.91 Å². The van der Waals surface area contributed by atoms with Gasteiger partial charge in [0.25, 0.3) is 0 Å². The molecule has 1 heterocycles. The van der Waals surface area contributed by atoms with Crippen LogP contribution in [0.2, 0.25) is 0 Å². The second-order valence-electron chi connectivity index (χ2n) is 4.45. The third kappa shape index (κ3) is 3.59. The van der Waals surface area contributed by atoms with Crippen molar-refractivity contribution in [3.05, 3.63) is 23.2 Å². The van der Waals surface area contributed by atoms with Crippen molar-refractivity contribution in [1.82, 2.24) is 9.80 Å². The summed E-state index contributed by atoms with van der Waals surface area (Å²) in [6.07, 6.45) is 0. The molecule has 1 N–H and O–H groups in total. The quantitative estimate of drug-likeness (QED) is 0.841. The minimum Gasteiger partial charge on any atom is -0.478 e. The van der Waals surface area contributed by atoms with Crippen molar-refractivity contribution in [3.63, 3.8) is 0 Å². The van der Waals surface area contributed by atoms with E-state index < -0.39 is 5.97 Å². The Morgan fingerprint density at radius 1 is 1.33 bits per heavy atom. The summed E-state index contributed by atoms with van der Waals surface area (Å²) in [6, 6.07) is 1.49. The average molecular weight is 254 g/mol. The van der Waals surface area contributed by atoms with Gasteiger partial charge in [-0.05, 0) is 20.0 Å². The molecule has 0 bridgehead atoms. The van der Waals surface area contributed by atoms with E-state index in [0.717, 1.165) is 0 Å². The van der Waals surface area contributed by atoms with Crippen LogP contribution in [0.5, 0.6) is 0 Å². The number of hydrogen-bond acceptors (Lipinski definition) is 4. The van der Waals surface area contributed by atoms with Crippen LogP contribution in [0.1, 0.15) is 21.9 Å². The van der Waals surface area contributed by atoms with Gasteiger partial charge in [-0.2, -0.15) is 0 Å². The van der Waals surface area contributed by atoms with Crippen molar-refractivity contribution < 1.29 is 19.1 Å². The maximum absolute atomic E-state index is 11.5. The van der Waals surface area contributed by atoms with Crippen molar-refractivity contribution in [2.24, 2.45) is 0 Å². The van der Waals surface area contributed by atoms with Gasteiger partial charge in [0, 0.05) is 14.1 Å². The standard InChI is InChI=1S/C12H18N2O4/c1-8-10(12(16)17)5-9(18-8)6-14(4)7-11(15)13(2)3/h5H,6-7H2,1-4H3,(H,16,17). The van der Waals surface area contributed by atoms with E-state index in [-0.39, 0.29) is 18.0 Å². The molecule has 0 aliphatic heterocycles. The van der Waals surface area contributed by atoms with Crippen LogP contribution in [0.15, 0.2) is 10.5 Å². The molecule has 1 amide bonds. The maximum Gasteiger partial charge on any atom is 0.339 e. The number of likely N-dealkylation sites (N-methyl/N-ethyl adjacent to an activating group) is 2. The Labute approximate surface area is 106 Å². The Morgan fingerprint density at radius 2 is 1.94 bits per heavy atom. The number of furan rings is 1. The molecule has 100 valence electrons. The molecular formula is C12H18N2O4. The second-order valence-corrected chi connectivity index (χ2v) is 4.45. The molecule has 1 rings (SSSR count). The molecule has 0 spiro atoms. The Balaban J connectivity index is 2.65. The normalized spacial score (nSPS) is 10.7. The van der Waals surface area contributed by atoms with Crippen LogP contribution in [0.3, 0.4) is 0 Å². The van der Waals surface area contributed by atoms with Crippen molar-refractivity contribution in [3.8, 4) is 0 Å². The lowest BCUT2D eigenvalue weighted by molar-refractivity contribution is -0.129. The minimum absolute atomic E-state index is 0.0146. The van der Waals surface area contributed by atoms with Gasteiger partial charge in [0.15, 0.2) is 0 Å². The van der Waals surface area contributed by atoms with Crippen molar-refractivity contribution in [1.29, 1.82) is 0 Å². The molecule has 0 radical (unpaired) electrons. The number of carboxylic acids is 1.